The molecule has 0 atom stereocenters. The molecule has 108 valence electrons. The van der Waals surface area contributed by atoms with Crippen molar-refractivity contribution < 1.29 is 14.7 Å². The summed E-state index contributed by atoms with van der Waals surface area (Å²) in [6.45, 7) is 4.11. The van der Waals surface area contributed by atoms with E-state index in [9.17, 15) is 14.7 Å². The third-order valence-electron chi connectivity index (χ3n) is 5.15. The highest BCUT2D eigenvalue weighted by molar-refractivity contribution is 5.90. The van der Waals surface area contributed by atoms with Gasteiger partial charge in [0.15, 0.2) is 0 Å². The highest BCUT2D eigenvalue weighted by Crippen LogP contribution is 2.39. The molecule has 0 spiro atoms. The van der Waals surface area contributed by atoms with Gasteiger partial charge in [-0.15, -0.1) is 0 Å². The van der Waals surface area contributed by atoms with Crippen molar-refractivity contribution in [2.75, 3.05) is 0 Å². The van der Waals surface area contributed by atoms with E-state index in [1.807, 2.05) is 6.92 Å². The van der Waals surface area contributed by atoms with Crippen molar-refractivity contribution in [1.29, 1.82) is 0 Å². The fourth-order valence-electron chi connectivity index (χ4n) is 3.40. The van der Waals surface area contributed by atoms with Gasteiger partial charge in [-0.1, -0.05) is 26.7 Å². The second kappa shape index (κ2) is 5.14. The molecule has 0 aromatic carbocycles. The van der Waals surface area contributed by atoms with Gasteiger partial charge < -0.3 is 10.4 Å². The Hall–Kier alpha value is -1.06. The van der Waals surface area contributed by atoms with E-state index in [0.29, 0.717) is 18.8 Å². The summed E-state index contributed by atoms with van der Waals surface area (Å²) in [6.07, 6.45) is 6.78. The van der Waals surface area contributed by atoms with E-state index >= 15 is 0 Å². The van der Waals surface area contributed by atoms with E-state index in [-0.39, 0.29) is 11.3 Å². The highest BCUT2D eigenvalue weighted by atomic mass is 16.4. The molecule has 4 nitrogen and oxygen atoms in total. The lowest BCUT2D eigenvalue weighted by molar-refractivity contribution is -0.151. The molecule has 2 rings (SSSR count). The van der Waals surface area contributed by atoms with Crippen molar-refractivity contribution in [2.24, 2.45) is 11.3 Å². The maximum absolute atomic E-state index is 12.5. The second-order valence-corrected chi connectivity index (χ2v) is 6.79. The number of carbonyl (C=O) groups excluding carboxylic acids is 1. The van der Waals surface area contributed by atoms with E-state index in [2.05, 4.69) is 12.2 Å². The molecule has 2 saturated carbocycles. The van der Waals surface area contributed by atoms with Crippen molar-refractivity contribution in [1.82, 2.24) is 5.32 Å². The zero-order valence-electron chi connectivity index (χ0n) is 12.0. The van der Waals surface area contributed by atoms with Crippen LogP contribution in [0.25, 0.3) is 0 Å². The number of hydrogen-bond donors (Lipinski definition) is 2. The number of carboxylic acid groups (broad SMARTS) is 1. The topological polar surface area (TPSA) is 66.4 Å². The summed E-state index contributed by atoms with van der Waals surface area (Å²) >= 11 is 0. The van der Waals surface area contributed by atoms with Gasteiger partial charge in [0.1, 0.15) is 5.54 Å². The summed E-state index contributed by atoms with van der Waals surface area (Å²) in [5, 5.41) is 12.4. The maximum atomic E-state index is 12.5. The molecule has 0 radical (unpaired) electrons. The third kappa shape index (κ3) is 2.77. The fourth-order valence-corrected chi connectivity index (χ4v) is 3.40. The predicted octanol–water partition coefficient (Wildman–Crippen LogP) is 2.72. The Morgan fingerprint density at radius 1 is 1.11 bits per heavy atom. The van der Waals surface area contributed by atoms with Gasteiger partial charge in [0, 0.05) is 5.41 Å². The first-order chi connectivity index (χ1) is 8.88. The van der Waals surface area contributed by atoms with Gasteiger partial charge in [0.2, 0.25) is 5.91 Å². The average Bonchev–Trinajstić information content (AvgIpc) is 2.80. The molecule has 2 fully saturated rings. The molecule has 0 bridgehead atoms. The molecule has 0 aromatic heterocycles. The first-order valence-electron chi connectivity index (χ1n) is 7.44. The molecule has 0 aromatic rings. The van der Waals surface area contributed by atoms with Gasteiger partial charge in [-0.3, -0.25) is 4.79 Å². The van der Waals surface area contributed by atoms with Crippen molar-refractivity contribution in [3.8, 4) is 0 Å². The van der Waals surface area contributed by atoms with E-state index in [1.54, 1.807) is 0 Å². The minimum Gasteiger partial charge on any atom is -0.480 e. The van der Waals surface area contributed by atoms with Crippen molar-refractivity contribution in [3.05, 3.63) is 0 Å². The van der Waals surface area contributed by atoms with Gasteiger partial charge in [0.05, 0.1) is 0 Å². The van der Waals surface area contributed by atoms with Crippen LogP contribution < -0.4 is 5.32 Å². The molecule has 0 saturated heterocycles. The van der Waals surface area contributed by atoms with E-state index < -0.39 is 11.5 Å². The van der Waals surface area contributed by atoms with E-state index in [4.69, 9.17) is 0 Å². The number of aliphatic carboxylic acids is 1. The Morgan fingerprint density at radius 3 is 2.11 bits per heavy atom. The normalized spacial score (nSPS) is 33.9. The Kier molecular flexibility index (Phi) is 3.88. The van der Waals surface area contributed by atoms with Gasteiger partial charge in [-0.25, -0.2) is 4.79 Å². The van der Waals surface area contributed by atoms with Crippen LogP contribution in [0, 0.1) is 11.3 Å². The Labute approximate surface area is 115 Å². The molecule has 2 N–H and O–H groups in total. The highest BCUT2D eigenvalue weighted by Gasteiger charge is 2.46. The summed E-state index contributed by atoms with van der Waals surface area (Å²) in [4.78, 5) is 24.1. The van der Waals surface area contributed by atoms with Gasteiger partial charge >= 0.3 is 5.97 Å². The summed E-state index contributed by atoms with van der Waals surface area (Å²) in [6, 6.07) is 0. The fraction of sp³-hybridized carbons (Fsp3) is 0.867. The zero-order valence-corrected chi connectivity index (χ0v) is 12.0. The smallest absolute Gasteiger partial charge is 0.329 e. The van der Waals surface area contributed by atoms with Crippen LogP contribution in [0.2, 0.25) is 0 Å². The molecule has 0 heterocycles. The van der Waals surface area contributed by atoms with Crippen LogP contribution in [0.1, 0.15) is 65.2 Å². The lowest BCUT2D eigenvalue weighted by Gasteiger charge is -2.38. The summed E-state index contributed by atoms with van der Waals surface area (Å²) in [5.41, 5.74) is -1.37. The summed E-state index contributed by atoms with van der Waals surface area (Å²) in [7, 11) is 0. The number of nitrogens with one attached hydrogen (secondary N) is 1. The first-order valence-corrected chi connectivity index (χ1v) is 7.44. The largest absolute Gasteiger partial charge is 0.480 e. The van der Waals surface area contributed by atoms with E-state index in [0.717, 1.165) is 38.5 Å². The second-order valence-electron chi connectivity index (χ2n) is 6.79. The average molecular weight is 267 g/mol. The predicted molar refractivity (Wildman–Crippen MR) is 72.7 cm³/mol. The molecular weight excluding hydrogens is 242 g/mol. The maximum Gasteiger partial charge on any atom is 0.329 e. The summed E-state index contributed by atoms with van der Waals surface area (Å²) < 4.78 is 0. The number of hydrogen-bond acceptors (Lipinski definition) is 2. The molecule has 2 aliphatic rings. The third-order valence-corrected chi connectivity index (χ3v) is 5.15. The lowest BCUT2D eigenvalue weighted by Crippen LogP contribution is -2.58. The quantitative estimate of drug-likeness (QED) is 0.826. The van der Waals surface area contributed by atoms with Crippen molar-refractivity contribution in [3.63, 3.8) is 0 Å². The van der Waals surface area contributed by atoms with Crippen LogP contribution in [0.4, 0.5) is 0 Å². The van der Waals surface area contributed by atoms with Crippen molar-refractivity contribution in [2.45, 2.75) is 70.8 Å². The van der Waals surface area contributed by atoms with Crippen LogP contribution in [-0.2, 0) is 9.59 Å². The minimum atomic E-state index is -1.02. The number of carbonyl (C=O) groups is 2. The number of carboxylic acids is 1. The Morgan fingerprint density at radius 2 is 1.63 bits per heavy atom. The van der Waals surface area contributed by atoms with Crippen LogP contribution in [-0.4, -0.2) is 22.5 Å². The molecule has 2 aliphatic carbocycles. The van der Waals surface area contributed by atoms with Gasteiger partial charge in [-0.05, 0) is 44.4 Å². The molecular formula is C15H25NO3. The standard InChI is InChI=1S/C15H25NO3/c1-11-5-9-15(10-6-11,13(18)19)16-12(17)14(2)7-3-4-8-14/h11H,3-10H2,1-2H3,(H,16,17)(H,18,19). The molecule has 0 aliphatic heterocycles. The van der Waals surface area contributed by atoms with Gasteiger partial charge in [0.25, 0.3) is 0 Å². The van der Waals surface area contributed by atoms with Crippen molar-refractivity contribution >= 4 is 11.9 Å². The van der Waals surface area contributed by atoms with Crippen LogP contribution in [0.3, 0.4) is 0 Å². The van der Waals surface area contributed by atoms with Gasteiger partial charge in [-0.2, -0.15) is 0 Å². The lowest BCUT2D eigenvalue weighted by atomic mass is 9.76. The monoisotopic (exact) mass is 267 g/mol. The molecule has 4 heteroatoms. The first kappa shape index (κ1) is 14.4. The SMILES string of the molecule is CC1CCC(NC(=O)C2(C)CCCC2)(C(=O)O)CC1. The molecule has 0 unspecified atom stereocenters. The Balaban J connectivity index is 2.09. The summed E-state index contributed by atoms with van der Waals surface area (Å²) in [5.74, 6) is -0.359. The van der Waals surface area contributed by atoms with E-state index in [1.165, 1.54) is 0 Å². The van der Waals surface area contributed by atoms with Crippen LogP contribution in [0.15, 0.2) is 0 Å². The number of amides is 1. The van der Waals surface area contributed by atoms with Crippen LogP contribution >= 0.6 is 0 Å². The molecule has 19 heavy (non-hydrogen) atoms. The van der Waals surface area contributed by atoms with Crippen LogP contribution in [0.5, 0.6) is 0 Å². The minimum absolute atomic E-state index is 0.0537. The number of rotatable bonds is 3. The zero-order chi connectivity index (χ0) is 14.1. The Bertz CT molecular complexity index is 364. The molecule has 1 amide bonds.